The Labute approximate surface area is 80.3 Å². The third-order valence-corrected chi connectivity index (χ3v) is 3.22. The van der Waals surface area contributed by atoms with Crippen LogP contribution in [0.5, 0.6) is 0 Å². The highest BCUT2D eigenvalue weighted by molar-refractivity contribution is 14.1. The molecule has 0 radical (unpaired) electrons. The molecule has 0 aliphatic carbocycles. The fourth-order valence-corrected chi connectivity index (χ4v) is 2.24. The lowest BCUT2D eigenvalue weighted by Gasteiger charge is -2.03. The first-order chi connectivity index (χ1) is 5.29. The smallest absolute Gasteiger partial charge is 0.0298 e. The molecule has 1 heterocycles. The standard InChI is InChI=1S/C9H10IN/c1-6-7-3-2-4-9(10)8(7)5-11-6/h2-4,6,11H,5H2,1H3. The minimum absolute atomic E-state index is 0.541. The van der Waals surface area contributed by atoms with Crippen molar-refractivity contribution in [3.8, 4) is 0 Å². The number of benzene rings is 1. The van der Waals surface area contributed by atoms with Crippen molar-refractivity contribution in [2.75, 3.05) is 0 Å². The molecule has 2 heteroatoms. The molecule has 0 aromatic heterocycles. The van der Waals surface area contributed by atoms with Crippen molar-refractivity contribution in [1.29, 1.82) is 0 Å². The predicted molar refractivity (Wildman–Crippen MR) is 54.4 cm³/mol. The summed E-state index contributed by atoms with van der Waals surface area (Å²) in [7, 11) is 0. The summed E-state index contributed by atoms with van der Waals surface area (Å²) < 4.78 is 1.39. The third-order valence-electron chi connectivity index (χ3n) is 2.21. The normalized spacial score (nSPS) is 21.8. The summed E-state index contributed by atoms with van der Waals surface area (Å²) in [6.45, 7) is 3.25. The quantitative estimate of drug-likeness (QED) is 0.706. The van der Waals surface area contributed by atoms with Crippen LogP contribution in [0.4, 0.5) is 0 Å². The van der Waals surface area contributed by atoms with Crippen molar-refractivity contribution in [3.63, 3.8) is 0 Å². The third kappa shape index (κ3) is 1.18. The molecule has 0 saturated carbocycles. The Morgan fingerprint density at radius 3 is 3.09 bits per heavy atom. The topological polar surface area (TPSA) is 12.0 Å². The van der Waals surface area contributed by atoms with Crippen molar-refractivity contribution in [2.24, 2.45) is 0 Å². The number of fused-ring (bicyclic) bond motifs is 1. The van der Waals surface area contributed by atoms with E-state index in [1.165, 1.54) is 14.7 Å². The molecule has 0 amide bonds. The van der Waals surface area contributed by atoms with E-state index in [2.05, 4.69) is 53.0 Å². The minimum Gasteiger partial charge on any atom is -0.306 e. The van der Waals surface area contributed by atoms with Gasteiger partial charge in [-0.3, -0.25) is 0 Å². The number of rotatable bonds is 0. The average Bonchev–Trinajstić information content (AvgIpc) is 2.35. The molecular weight excluding hydrogens is 249 g/mol. The molecule has 11 heavy (non-hydrogen) atoms. The molecule has 1 atom stereocenters. The van der Waals surface area contributed by atoms with E-state index in [4.69, 9.17) is 0 Å². The molecule has 58 valence electrons. The second kappa shape index (κ2) is 2.75. The van der Waals surface area contributed by atoms with Crippen molar-refractivity contribution in [3.05, 3.63) is 32.9 Å². The van der Waals surface area contributed by atoms with Crippen LogP contribution in [0.3, 0.4) is 0 Å². The fraction of sp³-hybridized carbons (Fsp3) is 0.333. The largest absolute Gasteiger partial charge is 0.306 e. The van der Waals surface area contributed by atoms with Crippen molar-refractivity contribution < 1.29 is 0 Å². The minimum atomic E-state index is 0.541. The highest BCUT2D eigenvalue weighted by Crippen LogP contribution is 2.27. The molecule has 0 bridgehead atoms. The Morgan fingerprint density at radius 1 is 1.55 bits per heavy atom. The van der Waals surface area contributed by atoms with Crippen molar-refractivity contribution >= 4 is 22.6 Å². The molecule has 1 aromatic carbocycles. The summed E-state index contributed by atoms with van der Waals surface area (Å²) >= 11 is 2.40. The first-order valence-corrected chi connectivity index (χ1v) is 4.87. The number of hydrogen-bond acceptors (Lipinski definition) is 1. The molecule has 1 unspecified atom stereocenters. The summed E-state index contributed by atoms with van der Waals surface area (Å²) in [5.74, 6) is 0. The van der Waals surface area contributed by atoms with Gasteiger partial charge in [0.15, 0.2) is 0 Å². The van der Waals surface area contributed by atoms with Crippen molar-refractivity contribution in [2.45, 2.75) is 19.5 Å². The maximum atomic E-state index is 3.42. The second-order valence-corrected chi connectivity index (χ2v) is 4.07. The van der Waals surface area contributed by atoms with E-state index in [9.17, 15) is 0 Å². The molecular formula is C9H10IN. The van der Waals surface area contributed by atoms with Gasteiger partial charge in [0.1, 0.15) is 0 Å². The van der Waals surface area contributed by atoms with Crippen LogP contribution >= 0.6 is 22.6 Å². The highest BCUT2D eigenvalue weighted by Gasteiger charge is 2.18. The highest BCUT2D eigenvalue weighted by atomic mass is 127. The lowest BCUT2D eigenvalue weighted by Crippen LogP contribution is -2.06. The second-order valence-electron chi connectivity index (χ2n) is 2.91. The lowest BCUT2D eigenvalue weighted by molar-refractivity contribution is 0.633. The Hall–Kier alpha value is -0.0900. The van der Waals surface area contributed by atoms with Crippen LogP contribution in [0, 0.1) is 3.57 Å². The van der Waals surface area contributed by atoms with E-state index >= 15 is 0 Å². The van der Waals surface area contributed by atoms with Gasteiger partial charge in [-0.25, -0.2) is 0 Å². The Kier molecular flexibility index (Phi) is 1.89. The molecule has 1 aliphatic heterocycles. The first-order valence-electron chi connectivity index (χ1n) is 3.79. The molecule has 1 N–H and O–H groups in total. The summed E-state index contributed by atoms with van der Waals surface area (Å²) in [5.41, 5.74) is 2.96. The zero-order chi connectivity index (χ0) is 7.84. The molecule has 1 aliphatic rings. The summed E-state index contributed by atoms with van der Waals surface area (Å²) in [5, 5.41) is 3.42. The molecule has 2 rings (SSSR count). The van der Waals surface area contributed by atoms with Crippen LogP contribution in [0.25, 0.3) is 0 Å². The van der Waals surface area contributed by atoms with E-state index < -0.39 is 0 Å². The SMILES string of the molecule is CC1NCc2c(I)cccc21. The van der Waals surface area contributed by atoms with Gasteiger partial charge in [0.2, 0.25) is 0 Å². The Morgan fingerprint density at radius 2 is 2.36 bits per heavy atom. The molecule has 1 nitrogen and oxygen atoms in total. The molecule has 0 spiro atoms. The van der Waals surface area contributed by atoms with Gasteiger partial charge >= 0.3 is 0 Å². The van der Waals surface area contributed by atoms with Gasteiger partial charge in [-0.15, -0.1) is 0 Å². The van der Waals surface area contributed by atoms with Crippen LogP contribution in [0.1, 0.15) is 24.1 Å². The van der Waals surface area contributed by atoms with E-state index in [-0.39, 0.29) is 0 Å². The van der Waals surface area contributed by atoms with E-state index in [1.807, 2.05) is 0 Å². The van der Waals surface area contributed by atoms with Gasteiger partial charge in [0.05, 0.1) is 0 Å². The van der Waals surface area contributed by atoms with E-state index in [0.29, 0.717) is 6.04 Å². The van der Waals surface area contributed by atoms with Gasteiger partial charge < -0.3 is 5.32 Å². The number of hydrogen-bond donors (Lipinski definition) is 1. The maximum absolute atomic E-state index is 3.42. The van der Waals surface area contributed by atoms with E-state index in [0.717, 1.165) is 6.54 Å². The van der Waals surface area contributed by atoms with Crippen LogP contribution in [-0.4, -0.2) is 0 Å². The van der Waals surface area contributed by atoms with Crippen LogP contribution in [-0.2, 0) is 6.54 Å². The first kappa shape index (κ1) is 7.55. The van der Waals surface area contributed by atoms with E-state index in [1.54, 1.807) is 0 Å². The lowest BCUT2D eigenvalue weighted by atomic mass is 10.1. The molecule has 0 fully saturated rings. The average molecular weight is 259 g/mol. The fourth-order valence-electron chi connectivity index (χ4n) is 1.53. The van der Waals surface area contributed by atoms with Gasteiger partial charge in [0, 0.05) is 16.2 Å². The van der Waals surface area contributed by atoms with Gasteiger partial charge in [0.25, 0.3) is 0 Å². The molecule has 1 aromatic rings. The Balaban J connectivity index is 2.57. The summed E-state index contributed by atoms with van der Waals surface area (Å²) in [6, 6.07) is 7.05. The zero-order valence-electron chi connectivity index (χ0n) is 6.39. The Bertz CT molecular complexity index is 283. The summed E-state index contributed by atoms with van der Waals surface area (Å²) in [4.78, 5) is 0. The van der Waals surface area contributed by atoms with Gasteiger partial charge in [-0.05, 0) is 46.7 Å². The monoisotopic (exact) mass is 259 g/mol. The van der Waals surface area contributed by atoms with Crippen LogP contribution < -0.4 is 5.32 Å². The molecule has 0 saturated heterocycles. The van der Waals surface area contributed by atoms with Crippen molar-refractivity contribution in [1.82, 2.24) is 5.32 Å². The van der Waals surface area contributed by atoms with Gasteiger partial charge in [-0.2, -0.15) is 0 Å². The van der Waals surface area contributed by atoms with Gasteiger partial charge in [-0.1, -0.05) is 12.1 Å². The van der Waals surface area contributed by atoms with Crippen LogP contribution in [0.15, 0.2) is 18.2 Å². The number of halogens is 1. The predicted octanol–water partition coefficient (Wildman–Crippen LogP) is 2.46. The van der Waals surface area contributed by atoms with Crippen LogP contribution in [0.2, 0.25) is 0 Å². The summed E-state index contributed by atoms with van der Waals surface area (Å²) in [6.07, 6.45) is 0. The number of nitrogens with one attached hydrogen (secondary N) is 1. The zero-order valence-corrected chi connectivity index (χ0v) is 8.55. The maximum Gasteiger partial charge on any atom is 0.0298 e.